The molecule has 2 aromatic carbocycles. The smallest absolute Gasteiger partial charge is 0.358 e. The maximum Gasteiger partial charge on any atom is 0.358 e. The molecule has 0 saturated carbocycles. The van der Waals surface area contributed by atoms with Crippen molar-refractivity contribution in [2.24, 2.45) is 11.5 Å². The van der Waals surface area contributed by atoms with Gasteiger partial charge in [0.05, 0.1) is 11.9 Å². The highest BCUT2D eigenvalue weighted by Crippen LogP contribution is 2.44. The molecular weight excluding hydrogens is 710 g/mol. The molecule has 0 radical (unpaired) electrons. The number of oxazole rings is 1. The third-order valence-corrected chi connectivity index (χ3v) is 8.91. The van der Waals surface area contributed by atoms with Crippen molar-refractivity contribution < 1.29 is 27.5 Å². The van der Waals surface area contributed by atoms with Crippen LogP contribution in [0, 0.1) is 10.8 Å². The van der Waals surface area contributed by atoms with Crippen LogP contribution >= 0.6 is 0 Å². The number of alkyl halides is 2. The Morgan fingerprint density at radius 1 is 1.00 bits per heavy atom. The quantitative estimate of drug-likeness (QED) is 0.0319. The zero-order valence-electron chi connectivity index (χ0n) is 30.8. The summed E-state index contributed by atoms with van der Waals surface area (Å²) in [6, 6.07) is 16.8. The average Bonchev–Trinajstić information content (AvgIpc) is 3.96. The van der Waals surface area contributed by atoms with E-state index in [0.29, 0.717) is 22.8 Å². The van der Waals surface area contributed by atoms with Crippen molar-refractivity contribution in [3.05, 3.63) is 102 Å². The summed E-state index contributed by atoms with van der Waals surface area (Å²) in [5.41, 5.74) is 14.1. The van der Waals surface area contributed by atoms with Gasteiger partial charge in [0.15, 0.2) is 41.3 Å². The number of furan rings is 1. The summed E-state index contributed by atoms with van der Waals surface area (Å²) in [6.45, 7) is 3.93. The fourth-order valence-electron chi connectivity index (χ4n) is 6.24. The topological polar surface area (TPSA) is 222 Å². The average molecular weight is 757 g/mol. The van der Waals surface area contributed by atoms with Crippen molar-refractivity contribution in [1.29, 1.82) is 10.8 Å². The lowest BCUT2D eigenvalue weighted by Crippen LogP contribution is -2.45. The Hall–Kier alpha value is -6.32. The number of halogens is 2. The van der Waals surface area contributed by atoms with E-state index in [0.717, 1.165) is 47.9 Å². The van der Waals surface area contributed by atoms with E-state index >= 15 is 0 Å². The van der Waals surface area contributed by atoms with Crippen LogP contribution in [0.2, 0.25) is 0 Å². The Morgan fingerprint density at radius 2 is 1.71 bits per heavy atom. The van der Waals surface area contributed by atoms with Gasteiger partial charge in [0.1, 0.15) is 11.8 Å². The van der Waals surface area contributed by atoms with Crippen LogP contribution in [0.4, 0.5) is 20.3 Å². The maximum absolute atomic E-state index is 13.8. The lowest BCUT2D eigenvalue weighted by atomic mass is 10.0. The summed E-state index contributed by atoms with van der Waals surface area (Å²) < 4.78 is 38.2. The molecule has 6 rings (SSSR count). The number of anilines is 2. The van der Waals surface area contributed by atoms with Crippen molar-refractivity contribution in [3.8, 4) is 11.3 Å². The zero-order valence-corrected chi connectivity index (χ0v) is 30.8. The Labute approximate surface area is 317 Å². The maximum atomic E-state index is 13.8. The summed E-state index contributed by atoms with van der Waals surface area (Å²) in [6.07, 6.45) is 14.9. The number of aromatic carboxylic acids is 1. The van der Waals surface area contributed by atoms with Crippen molar-refractivity contribution in [3.63, 3.8) is 0 Å². The van der Waals surface area contributed by atoms with Gasteiger partial charge in [-0.05, 0) is 47.9 Å². The minimum atomic E-state index is -3.03. The largest absolute Gasteiger partial charge is 0.476 e. The second-order valence-electron chi connectivity index (χ2n) is 13.1. The van der Waals surface area contributed by atoms with Crippen LogP contribution in [-0.2, 0) is 5.92 Å². The van der Waals surface area contributed by atoms with Gasteiger partial charge in [0.2, 0.25) is 0 Å². The van der Waals surface area contributed by atoms with Crippen LogP contribution < -0.4 is 21.7 Å². The predicted molar refractivity (Wildman–Crippen MR) is 207 cm³/mol. The molecule has 1 aliphatic carbocycles. The molecule has 8 N–H and O–H groups in total. The first-order valence-corrected chi connectivity index (χ1v) is 18.1. The number of nitrogens with two attached hydrogens (primary N) is 2. The molecule has 1 unspecified atom stereocenters. The number of unbranched alkanes of at least 4 members (excludes halogenated alkanes) is 7. The van der Waals surface area contributed by atoms with Gasteiger partial charge in [-0.25, -0.2) is 9.78 Å². The van der Waals surface area contributed by atoms with E-state index in [2.05, 4.69) is 27.4 Å². The molecule has 0 saturated heterocycles. The van der Waals surface area contributed by atoms with Gasteiger partial charge >= 0.3 is 11.9 Å². The number of nitrogens with zero attached hydrogens (tertiary/aromatic N) is 5. The molecule has 0 spiro atoms. The number of aromatic nitrogens is 4. The van der Waals surface area contributed by atoms with Crippen LogP contribution in [0.1, 0.15) is 104 Å². The highest BCUT2D eigenvalue weighted by atomic mass is 19.3. The predicted octanol–water partition coefficient (Wildman–Crippen LogP) is 8.31. The molecule has 14 nitrogen and oxygen atoms in total. The van der Waals surface area contributed by atoms with Gasteiger partial charge in [-0.15, -0.1) is 5.10 Å². The van der Waals surface area contributed by atoms with Crippen LogP contribution in [-0.4, -0.2) is 49.5 Å². The van der Waals surface area contributed by atoms with Crippen LogP contribution in [0.25, 0.3) is 23.0 Å². The summed E-state index contributed by atoms with van der Waals surface area (Å²) in [7, 11) is 0. The minimum Gasteiger partial charge on any atom is -0.476 e. The van der Waals surface area contributed by atoms with Gasteiger partial charge < -0.3 is 30.7 Å². The Kier molecular flexibility index (Phi) is 13.2. The van der Waals surface area contributed by atoms with Gasteiger partial charge in [0.25, 0.3) is 0 Å². The van der Waals surface area contributed by atoms with Crippen molar-refractivity contribution in [1.82, 2.24) is 20.0 Å². The van der Waals surface area contributed by atoms with E-state index in [1.807, 2.05) is 30.3 Å². The number of nitrogens with one attached hydrogen (secondary N) is 3. The fourth-order valence-corrected chi connectivity index (χ4v) is 6.24. The molecule has 0 amide bonds. The number of guanidine groups is 2. The first kappa shape index (κ1) is 39.9. The summed E-state index contributed by atoms with van der Waals surface area (Å²) in [4.78, 5) is 17.3. The molecule has 3 aromatic heterocycles. The first-order valence-electron chi connectivity index (χ1n) is 18.1. The fraction of sp³-hybridized carbons (Fsp3) is 0.333. The van der Waals surface area contributed by atoms with E-state index < -0.39 is 23.8 Å². The molecule has 1 atom stereocenters. The Bertz CT molecular complexity index is 2100. The van der Waals surface area contributed by atoms with Crippen molar-refractivity contribution in [2.75, 3.05) is 16.8 Å². The molecule has 1 aliphatic rings. The zero-order chi connectivity index (χ0) is 39.5. The molecule has 0 fully saturated rings. The summed E-state index contributed by atoms with van der Waals surface area (Å²) in [5, 5.41) is 36.4. The summed E-state index contributed by atoms with van der Waals surface area (Å²) >= 11 is 0. The van der Waals surface area contributed by atoms with Gasteiger partial charge in [0, 0.05) is 24.6 Å². The van der Waals surface area contributed by atoms with Gasteiger partial charge in [-0.2, -0.15) is 18.7 Å². The highest BCUT2D eigenvalue weighted by molar-refractivity contribution is 6.14. The number of hydrogen-bond acceptors (Lipinski definition) is 9. The number of carboxylic acids is 1. The molecule has 16 heteroatoms. The number of fused-ring (bicyclic) bond motifs is 1. The standard InChI is InChI=1S/C27H34F2N4O.C12H12N6O3/c1-3-4-5-6-7-8-9-12-17-30-25-19-31-33(32-25)26-21-14-11-10-13-20(21)18-22(26)23-15-16-24(34-23)27(2,28)29;13-11(14)18(12(15)16)7-3-1-2-6(4-7)9-8(10(19)20)17-5-21-9/h10-11,13-16,18-19,26H,3-9,12,17H2,1-2H3,(H,30,32);1-5H,(H3,13,14)(H3,15,16)(H,19,20). The van der Waals surface area contributed by atoms with E-state index in [1.54, 1.807) is 35.3 Å². The molecule has 55 heavy (non-hydrogen) atoms. The number of carbonyl (C=O) groups is 1. The number of allylic oxidation sites excluding steroid dienone is 1. The number of benzene rings is 2. The molecule has 0 bridgehead atoms. The van der Waals surface area contributed by atoms with E-state index in [-0.39, 0.29) is 23.3 Å². The van der Waals surface area contributed by atoms with Gasteiger partial charge in [-0.3, -0.25) is 15.7 Å². The molecule has 0 aliphatic heterocycles. The second-order valence-corrected chi connectivity index (χ2v) is 13.1. The normalized spacial score (nSPS) is 13.4. The summed E-state index contributed by atoms with van der Waals surface area (Å²) in [5.74, 6) is -4.28. The van der Waals surface area contributed by atoms with E-state index in [9.17, 15) is 13.6 Å². The third kappa shape index (κ3) is 10.0. The Balaban J connectivity index is 0.000000237. The molecule has 3 heterocycles. The number of hydrogen-bond donors (Lipinski definition) is 6. The van der Waals surface area contributed by atoms with E-state index in [4.69, 9.17) is 36.2 Å². The first-order chi connectivity index (χ1) is 26.4. The second kappa shape index (κ2) is 18.1. The molecule has 290 valence electrons. The van der Waals surface area contributed by atoms with Crippen LogP contribution in [0.3, 0.4) is 0 Å². The molecule has 5 aromatic rings. The highest BCUT2D eigenvalue weighted by Gasteiger charge is 2.34. The minimum absolute atomic E-state index is 0.0661. The van der Waals surface area contributed by atoms with E-state index in [1.165, 1.54) is 57.1 Å². The van der Waals surface area contributed by atoms with Crippen molar-refractivity contribution >= 4 is 41.0 Å². The van der Waals surface area contributed by atoms with Crippen LogP contribution in [0.15, 0.2) is 82.1 Å². The SMILES string of the molecule is CCCCCCCCCCNc1cnn(C2C(c3ccc(C(C)(F)F)o3)=Cc3ccccc32)n1.N=C(N)N(C(=N)N)c1cccc(-c2ocnc2C(=O)O)c1. The van der Waals surface area contributed by atoms with Crippen molar-refractivity contribution in [2.45, 2.75) is 77.2 Å². The number of rotatable bonds is 16. The molecular formula is C39H46F2N10O4. The monoisotopic (exact) mass is 756 g/mol. The number of carboxylic acid groups (broad SMARTS) is 1. The van der Waals surface area contributed by atoms with Crippen LogP contribution in [0.5, 0.6) is 0 Å². The lowest BCUT2D eigenvalue weighted by molar-refractivity contribution is -0.00560. The van der Waals surface area contributed by atoms with Gasteiger partial charge in [-0.1, -0.05) is 88.3 Å². The third-order valence-electron chi connectivity index (χ3n) is 8.91. The Morgan fingerprint density at radius 3 is 2.38 bits per heavy atom. The lowest BCUT2D eigenvalue weighted by Gasteiger charge is -2.20.